The molecule has 1 aromatic heterocycles. The van der Waals surface area contributed by atoms with Crippen LogP contribution in [0.25, 0.3) is 11.3 Å². The third-order valence-corrected chi connectivity index (χ3v) is 7.90. The van der Waals surface area contributed by atoms with Gasteiger partial charge in [0.2, 0.25) is 5.95 Å². The van der Waals surface area contributed by atoms with Gasteiger partial charge in [-0.05, 0) is 62.4 Å². The summed E-state index contributed by atoms with van der Waals surface area (Å²) in [7, 11) is 3.25. The molecule has 0 radical (unpaired) electrons. The van der Waals surface area contributed by atoms with Crippen LogP contribution < -0.4 is 20.1 Å². The summed E-state index contributed by atoms with van der Waals surface area (Å²) in [6, 6.07) is 19.3. The fourth-order valence-electron chi connectivity index (χ4n) is 5.71. The average Bonchev–Trinajstić information content (AvgIpc) is 3.16. The Labute approximate surface area is 255 Å². The first-order valence-corrected chi connectivity index (χ1v) is 14.6. The van der Waals surface area contributed by atoms with E-state index >= 15 is 0 Å². The van der Waals surface area contributed by atoms with Crippen molar-refractivity contribution in [2.75, 3.05) is 32.6 Å². The summed E-state index contributed by atoms with van der Waals surface area (Å²) >= 11 is 6.49. The van der Waals surface area contributed by atoms with Gasteiger partial charge in [-0.2, -0.15) is 0 Å². The zero-order valence-electron chi connectivity index (χ0n) is 24.5. The number of aromatic nitrogens is 2. The van der Waals surface area contributed by atoms with Crippen molar-refractivity contribution in [3.8, 4) is 22.8 Å². The molecule has 9 nitrogen and oxygen atoms in total. The van der Waals surface area contributed by atoms with E-state index in [1.807, 2.05) is 65.6 Å². The van der Waals surface area contributed by atoms with Crippen molar-refractivity contribution in [2.45, 2.75) is 32.5 Å². The molecule has 1 fully saturated rings. The summed E-state index contributed by atoms with van der Waals surface area (Å²) in [5.41, 5.74) is 6.39. The lowest BCUT2D eigenvalue weighted by atomic mass is 9.95. The SMILES string of the molecule is COc1ccc(C2=NCc3cnc(Nc4ccc(C(=O)N5CC(C)NC(C)C5)cc4)nc3-c3ccc(Cl)cc32)c(OC)c1. The van der Waals surface area contributed by atoms with Gasteiger partial charge >= 0.3 is 0 Å². The normalized spacial score (nSPS) is 17.7. The van der Waals surface area contributed by atoms with Gasteiger partial charge in [-0.25, -0.2) is 9.97 Å². The van der Waals surface area contributed by atoms with E-state index in [1.54, 1.807) is 20.4 Å². The second kappa shape index (κ2) is 12.0. The van der Waals surface area contributed by atoms with E-state index in [1.165, 1.54) is 0 Å². The van der Waals surface area contributed by atoms with E-state index in [4.69, 9.17) is 31.1 Å². The Hall–Kier alpha value is -4.47. The summed E-state index contributed by atoms with van der Waals surface area (Å²) in [5, 5.41) is 7.35. The average molecular weight is 597 g/mol. The maximum absolute atomic E-state index is 13.1. The van der Waals surface area contributed by atoms with Crippen molar-refractivity contribution in [1.29, 1.82) is 0 Å². The first kappa shape index (κ1) is 28.6. The number of ether oxygens (including phenoxy) is 2. The van der Waals surface area contributed by atoms with Crippen LogP contribution in [0.4, 0.5) is 11.6 Å². The number of carbonyl (C=O) groups excluding carboxylic acids is 1. The predicted molar refractivity (Wildman–Crippen MR) is 169 cm³/mol. The van der Waals surface area contributed by atoms with Crippen molar-refractivity contribution in [2.24, 2.45) is 4.99 Å². The fourth-order valence-corrected chi connectivity index (χ4v) is 5.88. The van der Waals surface area contributed by atoms with Gasteiger partial charge in [-0.3, -0.25) is 9.79 Å². The lowest BCUT2D eigenvalue weighted by molar-refractivity contribution is 0.0674. The minimum atomic E-state index is 0.0348. The number of anilines is 2. The van der Waals surface area contributed by atoms with E-state index in [0.29, 0.717) is 47.7 Å². The monoisotopic (exact) mass is 596 g/mol. The number of hydrogen-bond donors (Lipinski definition) is 2. The van der Waals surface area contributed by atoms with Crippen LogP contribution in [0, 0.1) is 0 Å². The lowest BCUT2D eigenvalue weighted by Crippen LogP contribution is -2.55. The van der Waals surface area contributed by atoms with Crippen molar-refractivity contribution in [1.82, 2.24) is 20.2 Å². The van der Waals surface area contributed by atoms with Crippen LogP contribution in [0.3, 0.4) is 0 Å². The molecule has 2 unspecified atom stereocenters. The third kappa shape index (κ3) is 5.91. The molecule has 2 aliphatic rings. The van der Waals surface area contributed by atoms with Crippen LogP contribution in [-0.2, 0) is 6.54 Å². The molecule has 2 atom stereocenters. The van der Waals surface area contributed by atoms with Crippen molar-refractivity contribution >= 4 is 34.9 Å². The van der Waals surface area contributed by atoms with Gasteiger partial charge in [0.25, 0.3) is 5.91 Å². The molecule has 43 heavy (non-hydrogen) atoms. The second-order valence-electron chi connectivity index (χ2n) is 10.9. The number of carbonyl (C=O) groups is 1. The highest BCUT2D eigenvalue weighted by Gasteiger charge is 2.26. The van der Waals surface area contributed by atoms with E-state index < -0.39 is 0 Å². The number of methoxy groups -OCH3 is 2. The number of benzene rings is 3. The van der Waals surface area contributed by atoms with Crippen LogP contribution in [0.15, 0.2) is 71.9 Å². The van der Waals surface area contributed by atoms with Gasteiger partial charge in [0.15, 0.2) is 0 Å². The number of fused-ring (bicyclic) bond motifs is 3. The first-order valence-electron chi connectivity index (χ1n) is 14.2. The summed E-state index contributed by atoms with van der Waals surface area (Å²) in [6.45, 7) is 5.95. The number of nitrogens with one attached hydrogen (secondary N) is 2. The van der Waals surface area contributed by atoms with Gasteiger partial charge in [-0.15, -0.1) is 0 Å². The van der Waals surface area contributed by atoms with Crippen LogP contribution in [0.2, 0.25) is 5.02 Å². The zero-order chi connectivity index (χ0) is 30.1. The smallest absolute Gasteiger partial charge is 0.253 e. The number of amides is 1. The zero-order valence-corrected chi connectivity index (χ0v) is 25.3. The molecule has 0 bridgehead atoms. The predicted octanol–water partition coefficient (Wildman–Crippen LogP) is 5.73. The maximum atomic E-state index is 13.1. The Morgan fingerprint density at radius 1 is 0.953 bits per heavy atom. The molecule has 1 saturated heterocycles. The van der Waals surface area contributed by atoms with Gasteiger partial charge < -0.3 is 25.0 Å². The number of aliphatic imine (C=N–C) groups is 1. The molecular weight excluding hydrogens is 564 g/mol. The highest BCUT2D eigenvalue weighted by Crippen LogP contribution is 2.36. The van der Waals surface area contributed by atoms with Crippen molar-refractivity contribution in [3.63, 3.8) is 0 Å². The highest BCUT2D eigenvalue weighted by atomic mass is 35.5. The molecule has 0 aliphatic carbocycles. The molecule has 220 valence electrons. The van der Waals surface area contributed by atoms with Crippen molar-refractivity contribution < 1.29 is 14.3 Å². The Balaban J connectivity index is 1.28. The summed E-state index contributed by atoms with van der Waals surface area (Å²) < 4.78 is 11.1. The first-order chi connectivity index (χ1) is 20.8. The molecular formula is C33H33ClN6O3. The molecule has 4 aromatic rings. The summed E-state index contributed by atoms with van der Waals surface area (Å²) in [4.78, 5) is 29.5. The second-order valence-corrected chi connectivity index (χ2v) is 11.3. The Morgan fingerprint density at radius 3 is 2.42 bits per heavy atom. The van der Waals surface area contributed by atoms with E-state index in [-0.39, 0.29) is 18.0 Å². The van der Waals surface area contributed by atoms with Gasteiger partial charge in [-0.1, -0.05) is 17.7 Å². The molecule has 3 aromatic carbocycles. The standard InChI is InChI=1S/C33H33ClN6O3/c1-19-17-40(18-20(2)37-19)32(41)21-5-8-24(9-6-21)38-33-36-16-22-15-35-31(27-12-10-25(42-3)14-29(27)43-4)28-13-23(34)7-11-26(28)30(22)39-33/h5-14,16,19-20,37H,15,17-18H2,1-4H3,(H,36,38,39). The van der Waals surface area contributed by atoms with Crippen LogP contribution in [0.5, 0.6) is 11.5 Å². The molecule has 2 aliphatic heterocycles. The number of halogens is 1. The number of rotatable bonds is 6. The summed E-state index contributed by atoms with van der Waals surface area (Å²) in [5.74, 6) is 1.81. The Kier molecular flexibility index (Phi) is 8.01. The molecule has 6 rings (SSSR count). The van der Waals surface area contributed by atoms with E-state index in [0.717, 1.165) is 39.3 Å². The van der Waals surface area contributed by atoms with Crippen LogP contribution >= 0.6 is 11.6 Å². The molecule has 3 heterocycles. The van der Waals surface area contributed by atoms with Gasteiger partial charge in [0, 0.05) is 76.0 Å². The Bertz CT molecular complexity index is 1700. The molecule has 0 saturated carbocycles. The third-order valence-electron chi connectivity index (χ3n) is 7.66. The van der Waals surface area contributed by atoms with Gasteiger partial charge in [0.1, 0.15) is 11.5 Å². The van der Waals surface area contributed by atoms with Crippen LogP contribution in [-0.4, -0.2) is 65.9 Å². The largest absolute Gasteiger partial charge is 0.497 e. The van der Waals surface area contributed by atoms with Gasteiger partial charge in [0.05, 0.1) is 32.2 Å². The molecule has 2 N–H and O–H groups in total. The van der Waals surface area contributed by atoms with E-state index in [9.17, 15) is 4.79 Å². The molecule has 1 amide bonds. The Morgan fingerprint density at radius 2 is 1.70 bits per heavy atom. The topological polar surface area (TPSA) is 101 Å². The van der Waals surface area contributed by atoms with E-state index in [2.05, 4.69) is 29.5 Å². The molecule has 10 heteroatoms. The minimum absolute atomic E-state index is 0.0348. The maximum Gasteiger partial charge on any atom is 0.253 e. The van der Waals surface area contributed by atoms with Crippen molar-refractivity contribution in [3.05, 3.63) is 94.1 Å². The number of hydrogen-bond acceptors (Lipinski definition) is 8. The highest BCUT2D eigenvalue weighted by molar-refractivity contribution is 6.31. The quantitative estimate of drug-likeness (QED) is 0.293. The lowest BCUT2D eigenvalue weighted by Gasteiger charge is -2.36. The van der Waals surface area contributed by atoms with Crippen LogP contribution in [0.1, 0.15) is 40.9 Å². The molecule has 0 spiro atoms. The number of piperazine rings is 1. The minimum Gasteiger partial charge on any atom is -0.497 e. The summed E-state index contributed by atoms with van der Waals surface area (Å²) in [6.07, 6.45) is 1.80. The number of nitrogens with zero attached hydrogens (tertiary/aromatic N) is 4. The fraction of sp³-hybridized carbons (Fsp3) is 0.273.